The van der Waals surface area contributed by atoms with E-state index < -0.39 is 11.6 Å². The third kappa shape index (κ3) is 2.90. The van der Waals surface area contributed by atoms with Crippen molar-refractivity contribution in [2.75, 3.05) is 0 Å². The maximum absolute atomic E-state index is 12.3. The van der Waals surface area contributed by atoms with Gasteiger partial charge in [-0.05, 0) is 52.5 Å². The zero-order valence-electron chi connectivity index (χ0n) is 14.3. The van der Waals surface area contributed by atoms with Gasteiger partial charge < -0.3 is 15.0 Å². The Bertz CT molecular complexity index is 794. The maximum Gasteiger partial charge on any atom is 0.407 e. The van der Waals surface area contributed by atoms with Crippen LogP contribution in [-0.4, -0.2) is 42.2 Å². The lowest BCUT2D eigenvalue weighted by atomic mass is 9.88. The van der Waals surface area contributed by atoms with Crippen LogP contribution in [0.5, 0.6) is 0 Å². The van der Waals surface area contributed by atoms with Crippen molar-refractivity contribution in [2.24, 2.45) is 0 Å². The molecule has 1 aliphatic rings. The number of imidazole rings is 1. The second-order valence-electron chi connectivity index (χ2n) is 7.48. The van der Waals surface area contributed by atoms with Crippen LogP contribution in [0.15, 0.2) is 23.3 Å². The number of fused-ring (bicyclic) bond motifs is 1. The Morgan fingerprint density at radius 3 is 2.58 bits per heavy atom. The molecule has 1 fully saturated rings. The minimum atomic E-state index is -0.874. The van der Waals surface area contributed by atoms with Crippen LogP contribution >= 0.6 is 0 Å². The quantitative estimate of drug-likeness (QED) is 0.884. The molecule has 0 aliphatic heterocycles. The number of aromatic amines is 1. The molecule has 2 heterocycles. The maximum atomic E-state index is 12.3. The summed E-state index contributed by atoms with van der Waals surface area (Å²) in [7, 11) is 0. The van der Waals surface area contributed by atoms with Crippen LogP contribution in [0.25, 0.3) is 11.0 Å². The number of rotatable bonds is 2. The summed E-state index contributed by atoms with van der Waals surface area (Å²) in [5.41, 5.74) is 1.07. The largest absolute Gasteiger partial charge is 0.465 e. The summed E-state index contributed by atoms with van der Waals surface area (Å²) in [5.74, 6) is 0. The van der Waals surface area contributed by atoms with E-state index in [1.807, 2.05) is 26.8 Å². The Morgan fingerprint density at radius 2 is 2.00 bits per heavy atom. The highest BCUT2D eigenvalue weighted by Crippen LogP contribution is 2.34. The van der Waals surface area contributed by atoms with Gasteiger partial charge in [-0.15, -0.1) is 0 Å². The van der Waals surface area contributed by atoms with Crippen LogP contribution in [0, 0.1) is 0 Å². The van der Waals surface area contributed by atoms with Crippen molar-refractivity contribution in [3.8, 4) is 0 Å². The molecule has 1 amide bonds. The van der Waals surface area contributed by atoms with Gasteiger partial charge in [-0.25, -0.2) is 9.59 Å². The van der Waals surface area contributed by atoms with E-state index in [2.05, 4.69) is 9.97 Å². The minimum Gasteiger partial charge on any atom is -0.465 e. The number of H-pyrrole nitrogens is 1. The molecule has 2 aromatic rings. The monoisotopic (exact) mass is 332 g/mol. The second kappa shape index (κ2) is 5.96. The van der Waals surface area contributed by atoms with Crippen molar-refractivity contribution in [1.29, 1.82) is 0 Å². The minimum absolute atomic E-state index is 0.00123. The molecule has 0 spiro atoms. The Morgan fingerprint density at radius 1 is 1.33 bits per heavy atom. The summed E-state index contributed by atoms with van der Waals surface area (Å²) in [6, 6.07) is 1.94. The van der Waals surface area contributed by atoms with E-state index in [1.54, 1.807) is 21.9 Å². The van der Waals surface area contributed by atoms with Gasteiger partial charge in [0.2, 0.25) is 0 Å². The molecule has 1 saturated carbocycles. The summed E-state index contributed by atoms with van der Waals surface area (Å²) in [5, 5.41) is 9.56. The summed E-state index contributed by atoms with van der Waals surface area (Å²) >= 11 is 0. The topological polar surface area (TPSA) is 91.2 Å². The van der Waals surface area contributed by atoms with Gasteiger partial charge >= 0.3 is 11.8 Å². The first-order valence-electron chi connectivity index (χ1n) is 8.35. The van der Waals surface area contributed by atoms with Crippen molar-refractivity contribution in [3.63, 3.8) is 0 Å². The second-order valence-corrected chi connectivity index (χ2v) is 7.48. The molecule has 1 aliphatic carbocycles. The van der Waals surface area contributed by atoms with Gasteiger partial charge in [0.25, 0.3) is 0 Å². The van der Waals surface area contributed by atoms with E-state index in [9.17, 15) is 14.7 Å². The fourth-order valence-corrected chi connectivity index (χ4v) is 3.91. The van der Waals surface area contributed by atoms with Gasteiger partial charge in [-0.1, -0.05) is 0 Å². The van der Waals surface area contributed by atoms with Crippen LogP contribution in [0.4, 0.5) is 4.79 Å². The zero-order valence-corrected chi connectivity index (χ0v) is 14.3. The molecular weight excluding hydrogens is 308 g/mol. The molecule has 0 saturated heterocycles. The number of nitrogens with zero attached hydrogens (tertiary/aromatic N) is 3. The third-order valence-electron chi connectivity index (χ3n) is 4.84. The Labute approximate surface area is 140 Å². The van der Waals surface area contributed by atoms with Gasteiger partial charge in [0.1, 0.15) is 0 Å². The van der Waals surface area contributed by atoms with Crippen molar-refractivity contribution in [3.05, 3.63) is 28.9 Å². The smallest absolute Gasteiger partial charge is 0.407 e. The Kier molecular flexibility index (Phi) is 4.11. The highest BCUT2D eigenvalue weighted by Gasteiger charge is 2.36. The fourth-order valence-electron chi connectivity index (χ4n) is 3.91. The molecule has 0 aromatic carbocycles. The number of aromatic nitrogens is 3. The SMILES string of the molecule is CC(C)(C)N(C(=O)O)[C@H]1CC[C@H](n2c(=O)[nH]c3cnccc32)CC1. The standard InChI is InChI=1S/C17H24N4O3/c1-17(2,3)21(16(23)24)12-6-4-11(5-7-12)20-14-8-9-18-10-13(14)19-15(20)22/h8-12H,4-7H2,1-3H3,(H,19,22)(H,23,24)/t11-,12-. The van der Waals surface area contributed by atoms with Gasteiger partial charge in [0.15, 0.2) is 0 Å². The van der Waals surface area contributed by atoms with Crippen LogP contribution in [0.2, 0.25) is 0 Å². The molecule has 2 N–H and O–H groups in total. The third-order valence-corrected chi connectivity index (χ3v) is 4.84. The van der Waals surface area contributed by atoms with Gasteiger partial charge in [0.05, 0.1) is 17.2 Å². The summed E-state index contributed by atoms with van der Waals surface area (Å²) in [6.07, 6.45) is 5.58. The molecule has 0 radical (unpaired) electrons. The average Bonchev–Trinajstić information content (AvgIpc) is 2.82. The van der Waals surface area contributed by atoms with Gasteiger partial charge in [-0.2, -0.15) is 0 Å². The first kappa shape index (κ1) is 16.5. The number of pyridine rings is 1. The Hall–Kier alpha value is -2.31. The number of nitrogens with one attached hydrogen (secondary N) is 1. The highest BCUT2D eigenvalue weighted by molar-refractivity contribution is 5.73. The lowest BCUT2D eigenvalue weighted by Crippen LogP contribution is -2.52. The van der Waals surface area contributed by atoms with Crippen LogP contribution in [0.3, 0.4) is 0 Å². The molecule has 24 heavy (non-hydrogen) atoms. The summed E-state index contributed by atoms with van der Waals surface area (Å²) in [4.78, 5) is 32.4. The molecular formula is C17H24N4O3. The first-order chi connectivity index (χ1) is 11.3. The van der Waals surface area contributed by atoms with E-state index in [1.165, 1.54) is 0 Å². The van der Waals surface area contributed by atoms with Crippen LogP contribution in [-0.2, 0) is 0 Å². The lowest BCUT2D eigenvalue weighted by molar-refractivity contribution is 0.0512. The van der Waals surface area contributed by atoms with Crippen molar-refractivity contribution in [2.45, 2.75) is 64.1 Å². The first-order valence-corrected chi connectivity index (χ1v) is 8.35. The number of hydrogen-bond acceptors (Lipinski definition) is 3. The predicted octanol–water partition coefficient (Wildman–Crippen LogP) is 2.99. The van der Waals surface area contributed by atoms with Crippen molar-refractivity contribution < 1.29 is 9.90 Å². The molecule has 3 rings (SSSR count). The molecule has 7 heteroatoms. The molecule has 2 aromatic heterocycles. The highest BCUT2D eigenvalue weighted by atomic mass is 16.4. The Balaban J connectivity index is 1.81. The number of amides is 1. The molecule has 0 bridgehead atoms. The van der Waals surface area contributed by atoms with Crippen molar-refractivity contribution >= 4 is 17.1 Å². The summed E-state index contributed by atoms with van der Waals surface area (Å²) < 4.78 is 1.80. The zero-order chi connectivity index (χ0) is 17.5. The predicted molar refractivity (Wildman–Crippen MR) is 91.3 cm³/mol. The number of carboxylic acid groups (broad SMARTS) is 1. The molecule has 7 nitrogen and oxygen atoms in total. The van der Waals surface area contributed by atoms with E-state index >= 15 is 0 Å². The normalized spacial score (nSPS) is 21.8. The lowest BCUT2D eigenvalue weighted by Gasteiger charge is -2.42. The van der Waals surface area contributed by atoms with Gasteiger partial charge in [-0.3, -0.25) is 9.55 Å². The molecule has 0 unspecified atom stereocenters. The average molecular weight is 332 g/mol. The van der Waals surface area contributed by atoms with Crippen molar-refractivity contribution in [1.82, 2.24) is 19.4 Å². The number of hydrogen-bond donors (Lipinski definition) is 2. The van der Waals surface area contributed by atoms with Gasteiger partial charge in [0, 0.05) is 23.8 Å². The summed E-state index contributed by atoms with van der Waals surface area (Å²) in [6.45, 7) is 5.76. The van der Waals surface area contributed by atoms with Crippen LogP contribution < -0.4 is 5.69 Å². The molecule has 0 atom stereocenters. The van der Waals surface area contributed by atoms with E-state index in [0.29, 0.717) is 0 Å². The molecule has 130 valence electrons. The van der Waals surface area contributed by atoms with E-state index in [0.717, 1.165) is 36.7 Å². The number of carbonyl (C=O) groups is 1. The van der Waals surface area contributed by atoms with E-state index in [-0.39, 0.29) is 17.8 Å². The fraction of sp³-hybridized carbons (Fsp3) is 0.588. The van der Waals surface area contributed by atoms with E-state index in [4.69, 9.17) is 0 Å². The van der Waals surface area contributed by atoms with Crippen LogP contribution in [0.1, 0.15) is 52.5 Å².